The Balaban J connectivity index is 1.35. The standard InChI is InChI=1S/C26H36N2O2/c29-25(19-11-17-23-13-5-3-6-14-23)27-21-9-1-2-10-22-28-26(30)20-12-18-24-15-7-4-8-16-24/h3-8,13-16H,1-2,9-12,17-22H2,(H,27,29)(H,28,30). The molecule has 0 aromatic heterocycles. The Labute approximate surface area is 181 Å². The van der Waals surface area contributed by atoms with Crippen molar-refractivity contribution < 1.29 is 9.59 Å². The van der Waals surface area contributed by atoms with E-state index in [1.54, 1.807) is 0 Å². The van der Waals surface area contributed by atoms with Gasteiger partial charge < -0.3 is 10.6 Å². The molecule has 2 aromatic carbocycles. The fourth-order valence-corrected chi connectivity index (χ4v) is 3.43. The Morgan fingerprint density at radius 1 is 0.533 bits per heavy atom. The van der Waals surface area contributed by atoms with Gasteiger partial charge in [-0.25, -0.2) is 0 Å². The Hall–Kier alpha value is -2.62. The zero-order chi connectivity index (χ0) is 21.3. The molecule has 0 heterocycles. The highest BCUT2D eigenvalue weighted by molar-refractivity contribution is 5.76. The highest BCUT2D eigenvalue weighted by atomic mass is 16.2. The molecule has 0 saturated carbocycles. The van der Waals surface area contributed by atoms with Crippen molar-refractivity contribution in [3.8, 4) is 0 Å². The zero-order valence-electron chi connectivity index (χ0n) is 18.1. The first-order valence-electron chi connectivity index (χ1n) is 11.4. The molecule has 0 aliphatic heterocycles. The molecule has 2 rings (SSSR count). The summed E-state index contributed by atoms with van der Waals surface area (Å²) in [7, 11) is 0. The van der Waals surface area contributed by atoms with Gasteiger partial charge in [0.15, 0.2) is 0 Å². The summed E-state index contributed by atoms with van der Waals surface area (Å²) in [4.78, 5) is 23.7. The number of carbonyl (C=O) groups excluding carboxylic acids is 2. The maximum atomic E-state index is 11.9. The van der Waals surface area contributed by atoms with Gasteiger partial charge in [0.2, 0.25) is 11.8 Å². The smallest absolute Gasteiger partial charge is 0.220 e. The van der Waals surface area contributed by atoms with Crippen molar-refractivity contribution in [1.29, 1.82) is 0 Å². The molecule has 162 valence electrons. The van der Waals surface area contributed by atoms with Gasteiger partial charge in [0.25, 0.3) is 0 Å². The molecular weight excluding hydrogens is 372 g/mol. The number of carbonyl (C=O) groups is 2. The van der Waals surface area contributed by atoms with Crippen molar-refractivity contribution in [2.24, 2.45) is 0 Å². The van der Waals surface area contributed by atoms with Crippen molar-refractivity contribution in [2.75, 3.05) is 13.1 Å². The van der Waals surface area contributed by atoms with E-state index in [0.29, 0.717) is 12.8 Å². The van der Waals surface area contributed by atoms with Gasteiger partial charge in [0.05, 0.1) is 0 Å². The SMILES string of the molecule is O=C(CCCc1ccccc1)NCCCCCCNC(=O)CCCc1ccccc1. The van der Waals surface area contributed by atoms with Gasteiger partial charge in [-0.05, 0) is 49.7 Å². The second-order valence-electron chi connectivity index (χ2n) is 7.79. The third kappa shape index (κ3) is 11.4. The first kappa shape index (κ1) is 23.7. The van der Waals surface area contributed by atoms with Crippen molar-refractivity contribution in [3.63, 3.8) is 0 Å². The normalized spacial score (nSPS) is 10.5. The molecule has 0 saturated heterocycles. The predicted molar refractivity (Wildman–Crippen MR) is 123 cm³/mol. The molecule has 0 bridgehead atoms. The number of aryl methyl sites for hydroxylation is 2. The van der Waals surface area contributed by atoms with E-state index in [1.165, 1.54) is 11.1 Å². The molecular formula is C26H36N2O2. The van der Waals surface area contributed by atoms with Crippen LogP contribution in [0.5, 0.6) is 0 Å². The summed E-state index contributed by atoms with van der Waals surface area (Å²) in [5.74, 6) is 0.294. The van der Waals surface area contributed by atoms with Crippen LogP contribution in [0.15, 0.2) is 60.7 Å². The van der Waals surface area contributed by atoms with Crippen LogP contribution >= 0.6 is 0 Å². The van der Waals surface area contributed by atoms with Gasteiger partial charge in [0, 0.05) is 25.9 Å². The van der Waals surface area contributed by atoms with Gasteiger partial charge in [-0.15, -0.1) is 0 Å². The second kappa shape index (κ2) is 15.3. The first-order valence-corrected chi connectivity index (χ1v) is 11.4. The number of rotatable bonds is 15. The van der Waals surface area contributed by atoms with E-state index in [9.17, 15) is 9.59 Å². The largest absolute Gasteiger partial charge is 0.356 e. The molecule has 0 spiro atoms. The lowest BCUT2D eigenvalue weighted by Crippen LogP contribution is -2.25. The molecule has 0 aliphatic carbocycles. The summed E-state index contributed by atoms with van der Waals surface area (Å²) in [6.07, 6.45) is 9.00. The Kier molecular flexibility index (Phi) is 12.0. The molecule has 0 radical (unpaired) electrons. The zero-order valence-corrected chi connectivity index (χ0v) is 18.1. The number of nitrogens with one attached hydrogen (secondary N) is 2. The average molecular weight is 409 g/mol. The van der Waals surface area contributed by atoms with E-state index in [2.05, 4.69) is 34.9 Å². The molecule has 0 unspecified atom stereocenters. The van der Waals surface area contributed by atoms with E-state index < -0.39 is 0 Å². The second-order valence-corrected chi connectivity index (χ2v) is 7.79. The van der Waals surface area contributed by atoms with Crippen LogP contribution in [0.2, 0.25) is 0 Å². The van der Waals surface area contributed by atoms with E-state index in [4.69, 9.17) is 0 Å². The fourth-order valence-electron chi connectivity index (χ4n) is 3.43. The van der Waals surface area contributed by atoms with Gasteiger partial charge >= 0.3 is 0 Å². The molecule has 0 aliphatic rings. The summed E-state index contributed by atoms with van der Waals surface area (Å²) in [6, 6.07) is 20.6. The van der Waals surface area contributed by atoms with Crippen LogP contribution in [0.25, 0.3) is 0 Å². The summed E-state index contributed by atoms with van der Waals surface area (Å²) in [6.45, 7) is 1.49. The highest BCUT2D eigenvalue weighted by Gasteiger charge is 2.02. The topological polar surface area (TPSA) is 58.2 Å². The summed E-state index contributed by atoms with van der Waals surface area (Å²) < 4.78 is 0. The Morgan fingerprint density at radius 2 is 0.933 bits per heavy atom. The average Bonchev–Trinajstić information content (AvgIpc) is 2.77. The Bertz CT molecular complexity index is 653. The number of hydrogen-bond donors (Lipinski definition) is 2. The molecule has 4 heteroatoms. The monoisotopic (exact) mass is 408 g/mol. The van der Waals surface area contributed by atoms with Crippen LogP contribution < -0.4 is 10.6 Å². The predicted octanol–water partition coefficient (Wildman–Crippen LogP) is 4.83. The number of unbranched alkanes of at least 4 members (excludes halogenated alkanes) is 3. The van der Waals surface area contributed by atoms with E-state index >= 15 is 0 Å². The molecule has 2 N–H and O–H groups in total. The van der Waals surface area contributed by atoms with Crippen LogP contribution in [-0.4, -0.2) is 24.9 Å². The van der Waals surface area contributed by atoms with Crippen molar-refractivity contribution in [3.05, 3.63) is 71.8 Å². The van der Waals surface area contributed by atoms with Crippen molar-refractivity contribution >= 4 is 11.8 Å². The van der Waals surface area contributed by atoms with E-state index in [0.717, 1.165) is 64.5 Å². The maximum Gasteiger partial charge on any atom is 0.220 e. The molecule has 4 nitrogen and oxygen atoms in total. The lowest BCUT2D eigenvalue weighted by molar-refractivity contribution is -0.122. The van der Waals surface area contributed by atoms with Gasteiger partial charge in [0.1, 0.15) is 0 Å². The van der Waals surface area contributed by atoms with E-state index in [1.807, 2.05) is 36.4 Å². The lowest BCUT2D eigenvalue weighted by atomic mass is 10.1. The van der Waals surface area contributed by atoms with Crippen molar-refractivity contribution in [2.45, 2.75) is 64.2 Å². The minimum atomic E-state index is 0.147. The summed E-state index contributed by atoms with van der Waals surface area (Å²) >= 11 is 0. The van der Waals surface area contributed by atoms with Crippen LogP contribution in [0.1, 0.15) is 62.5 Å². The third-order valence-corrected chi connectivity index (χ3v) is 5.17. The first-order chi connectivity index (χ1) is 14.7. The van der Waals surface area contributed by atoms with Crippen LogP contribution in [0.3, 0.4) is 0 Å². The molecule has 0 atom stereocenters. The van der Waals surface area contributed by atoms with Gasteiger partial charge in [-0.1, -0.05) is 73.5 Å². The van der Waals surface area contributed by atoms with Crippen molar-refractivity contribution in [1.82, 2.24) is 10.6 Å². The fraction of sp³-hybridized carbons (Fsp3) is 0.462. The molecule has 0 fully saturated rings. The highest BCUT2D eigenvalue weighted by Crippen LogP contribution is 2.06. The quantitative estimate of drug-likeness (QED) is 0.415. The number of amides is 2. The lowest BCUT2D eigenvalue weighted by Gasteiger charge is -2.07. The number of hydrogen-bond acceptors (Lipinski definition) is 2. The maximum absolute atomic E-state index is 11.9. The van der Waals surface area contributed by atoms with Crippen LogP contribution in [-0.2, 0) is 22.4 Å². The molecule has 2 aromatic rings. The minimum Gasteiger partial charge on any atom is -0.356 e. The van der Waals surface area contributed by atoms with Gasteiger partial charge in [-0.2, -0.15) is 0 Å². The summed E-state index contributed by atoms with van der Waals surface area (Å²) in [5.41, 5.74) is 2.57. The molecule has 30 heavy (non-hydrogen) atoms. The number of benzene rings is 2. The van der Waals surface area contributed by atoms with Gasteiger partial charge in [-0.3, -0.25) is 9.59 Å². The van der Waals surface area contributed by atoms with Crippen LogP contribution in [0.4, 0.5) is 0 Å². The third-order valence-electron chi connectivity index (χ3n) is 5.17. The minimum absolute atomic E-state index is 0.147. The van der Waals surface area contributed by atoms with E-state index in [-0.39, 0.29) is 11.8 Å². The Morgan fingerprint density at radius 3 is 1.33 bits per heavy atom. The summed E-state index contributed by atoms with van der Waals surface area (Å²) in [5, 5.41) is 6.01. The molecule has 2 amide bonds. The van der Waals surface area contributed by atoms with Crippen LogP contribution in [0, 0.1) is 0 Å².